The summed E-state index contributed by atoms with van der Waals surface area (Å²) in [4.78, 5) is 28.8. The van der Waals surface area contributed by atoms with Crippen molar-refractivity contribution in [3.05, 3.63) is 291 Å². The van der Waals surface area contributed by atoms with Crippen LogP contribution in [0.2, 0.25) is 0 Å². The Balaban J connectivity index is 0.828. The highest BCUT2D eigenvalue weighted by molar-refractivity contribution is 6.28. The first-order chi connectivity index (χ1) is 44.0. The Morgan fingerprint density at radius 1 is 0.348 bits per heavy atom. The molecule has 0 spiro atoms. The van der Waals surface area contributed by atoms with Crippen molar-refractivity contribution in [2.75, 3.05) is 11.4 Å². The summed E-state index contributed by atoms with van der Waals surface area (Å²) < 4.78 is 6.27. The highest BCUT2D eigenvalue weighted by Gasteiger charge is 2.24. The van der Waals surface area contributed by atoms with Gasteiger partial charge in [0, 0.05) is 28.8 Å². The third-order valence-electron chi connectivity index (χ3n) is 18.0. The molecule has 0 saturated carbocycles. The zero-order valence-electron chi connectivity index (χ0n) is 48.1. The van der Waals surface area contributed by atoms with Crippen molar-refractivity contribution in [1.29, 1.82) is 0 Å². The third kappa shape index (κ3) is 8.24. The van der Waals surface area contributed by atoms with Crippen LogP contribution >= 0.6 is 0 Å². The number of allylic oxidation sites excluding steroid dienone is 4. The van der Waals surface area contributed by atoms with Crippen LogP contribution < -0.4 is 4.90 Å². The van der Waals surface area contributed by atoms with Crippen molar-refractivity contribution >= 4 is 125 Å². The van der Waals surface area contributed by atoms with E-state index in [0.29, 0.717) is 35.7 Å². The topological polar surface area (TPSA) is 80.8 Å². The van der Waals surface area contributed by atoms with Gasteiger partial charge in [-0.3, -0.25) is 0 Å². The summed E-state index contributed by atoms with van der Waals surface area (Å²) in [5.41, 5.74) is 11.0. The van der Waals surface area contributed by atoms with Crippen LogP contribution in [0.5, 0.6) is 0 Å². The van der Waals surface area contributed by atoms with E-state index in [1.165, 1.54) is 43.1 Å². The lowest BCUT2D eigenvalue weighted by atomic mass is 9.88. The Morgan fingerprint density at radius 2 is 0.899 bits per heavy atom. The van der Waals surface area contributed by atoms with Gasteiger partial charge in [-0.25, -0.2) is 15.0 Å². The molecular weight excluding hydrogens is 1080 g/mol. The van der Waals surface area contributed by atoms with Crippen molar-refractivity contribution in [3.63, 3.8) is 0 Å². The minimum absolute atomic E-state index is 0.492. The molecule has 18 rings (SSSR count). The van der Waals surface area contributed by atoms with E-state index < -0.39 is 0 Å². The molecule has 3 aromatic heterocycles. The smallest absolute Gasteiger partial charge is 0.246 e. The maximum absolute atomic E-state index is 6.27. The molecular formula is C82H50N6O. The zero-order chi connectivity index (χ0) is 58.7. The summed E-state index contributed by atoms with van der Waals surface area (Å²) >= 11 is 0. The number of oxazole rings is 1. The normalized spacial score (nSPS) is 13.5. The Labute approximate surface area is 511 Å². The second kappa shape index (κ2) is 20.1. The quantitative estimate of drug-likeness (QED) is 0.153. The van der Waals surface area contributed by atoms with E-state index in [1.54, 1.807) is 0 Å². The maximum atomic E-state index is 6.27. The number of rotatable bonds is 6. The summed E-state index contributed by atoms with van der Waals surface area (Å²) in [6, 6.07) is 91.1. The fourth-order valence-corrected chi connectivity index (χ4v) is 13.9. The first kappa shape index (κ1) is 50.4. The molecule has 414 valence electrons. The molecule has 14 aromatic carbocycles. The number of hydrogen-bond donors (Lipinski definition) is 0. The SMILES string of the molecule is C=C1/C=C\C=C/CN(c2nc(-c3ccc4c5cc(-c6ccc7c(c6)c(-c6cccc(-c8nc9ccccc9o8)n6)cc6ccc8ccccc8c67)ccc5c5ccccc5c4c3)nc(-c3cc4ccc5ccccc5c4c4ccccc34)n2)c2ccccc21. The molecule has 0 fully saturated rings. The minimum atomic E-state index is 0.492. The van der Waals surface area contributed by atoms with E-state index in [4.69, 9.17) is 29.3 Å². The molecule has 1 aliphatic rings. The molecule has 0 bridgehead atoms. The summed E-state index contributed by atoms with van der Waals surface area (Å²) in [5, 5.41) is 20.9. The van der Waals surface area contributed by atoms with Gasteiger partial charge in [0.15, 0.2) is 17.2 Å². The Morgan fingerprint density at radius 3 is 1.66 bits per heavy atom. The molecule has 4 heterocycles. The summed E-state index contributed by atoms with van der Waals surface area (Å²) in [5.74, 6) is 2.20. The van der Waals surface area contributed by atoms with E-state index in [9.17, 15) is 0 Å². The van der Waals surface area contributed by atoms with Gasteiger partial charge in [0.1, 0.15) is 11.2 Å². The highest BCUT2D eigenvalue weighted by Crippen LogP contribution is 2.45. The lowest BCUT2D eigenvalue weighted by Crippen LogP contribution is -2.21. The van der Waals surface area contributed by atoms with E-state index in [0.717, 1.165) is 115 Å². The molecule has 0 saturated heterocycles. The molecule has 0 atom stereocenters. The predicted molar refractivity (Wildman–Crippen MR) is 371 cm³/mol. The van der Waals surface area contributed by atoms with Gasteiger partial charge in [0.2, 0.25) is 11.8 Å². The predicted octanol–water partition coefficient (Wildman–Crippen LogP) is 21.4. The molecule has 89 heavy (non-hydrogen) atoms. The molecule has 1 aliphatic heterocycles. The van der Waals surface area contributed by atoms with Gasteiger partial charge in [-0.2, -0.15) is 9.97 Å². The number of aromatic nitrogens is 5. The largest absolute Gasteiger partial charge is 0.435 e. The van der Waals surface area contributed by atoms with Crippen molar-refractivity contribution in [2.24, 2.45) is 0 Å². The fourth-order valence-electron chi connectivity index (χ4n) is 13.9. The fraction of sp³-hybridized carbons (Fsp3) is 0.0122. The van der Waals surface area contributed by atoms with E-state index in [-0.39, 0.29) is 0 Å². The van der Waals surface area contributed by atoms with Crippen LogP contribution in [-0.2, 0) is 0 Å². The molecule has 0 unspecified atom stereocenters. The molecule has 0 aliphatic carbocycles. The maximum Gasteiger partial charge on any atom is 0.246 e. The minimum Gasteiger partial charge on any atom is -0.435 e. The molecule has 17 aromatic rings. The van der Waals surface area contributed by atoms with Crippen LogP contribution in [0.4, 0.5) is 11.6 Å². The van der Waals surface area contributed by atoms with Crippen LogP contribution in [0.25, 0.3) is 170 Å². The molecule has 0 radical (unpaired) electrons. The lowest BCUT2D eigenvalue weighted by Gasteiger charge is -2.25. The van der Waals surface area contributed by atoms with Crippen molar-refractivity contribution in [3.8, 4) is 56.7 Å². The molecule has 7 nitrogen and oxygen atoms in total. The average Bonchev–Trinajstić information content (AvgIpc) is 1.22. The highest BCUT2D eigenvalue weighted by atomic mass is 16.3. The van der Waals surface area contributed by atoms with Gasteiger partial charge < -0.3 is 9.32 Å². The monoisotopic (exact) mass is 1130 g/mol. The van der Waals surface area contributed by atoms with Crippen LogP contribution in [-0.4, -0.2) is 31.5 Å². The van der Waals surface area contributed by atoms with Gasteiger partial charge in [0.05, 0.1) is 11.4 Å². The first-order valence-corrected chi connectivity index (χ1v) is 30.1. The summed E-state index contributed by atoms with van der Waals surface area (Å²) in [7, 11) is 0. The van der Waals surface area contributed by atoms with Gasteiger partial charge in [-0.05, 0) is 174 Å². The number of fused-ring (bicyclic) bond motifs is 18. The van der Waals surface area contributed by atoms with Gasteiger partial charge in [0.25, 0.3) is 0 Å². The Hall–Kier alpha value is -11.9. The summed E-state index contributed by atoms with van der Waals surface area (Å²) in [6.45, 7) is 5.02. The van der Waals surface area contributed by atoms with E-state index in [2.05, 4.69) is 248 Å². The first-order valence-electron chi connectivity index (χ1n) is 30.1. The molecule has 0 N–H and O–H groups in total. The van der Waals surface area contributed by atoms with Gasteiger partial charge in [-0.15, -0.1) is 0 Å². The van der Waals surface area contributed by atoms with Gasteiger partial charge >= 0.3 is 0 Å². The third-order valence-corrected chi connectivity index (χ3v) is 18.0. The number of pyridine rings is 1. The zero-order valence-corrected chi connectivity index (χ0v) is 48.1. The number of hydrogen-bond acceptors (Lipinski definition) is 7. The van der Waals surface area contributed by atoms with Crippen LogP contribution in [0.1, 0.15) is 5.56 Å². The lowest BCUT2D eigenvalue weighted by molar-refractivity contribution is 0.617. The van der Waals surface area contributed by atoms with Crippen LogP contribution in [0, 0.1) is 0 Å². The number of para-hydroxylation sites is 3. The van der Waals surface area contributed by atoms with Crippen LogP contribution in [0.15, 0.2) is 290 Å². The Bertz CT molecular complexity index is 5920. The van der Waals surface area contributed by atoms with Crippen molar-refractivity contribution < 1.29 is 4.42 Å². The second-order valence-electron chi connectivity index (χ2n) is 23.1. The van der Waals surface area contributed by atoms with Crippen LogP contribution in [0.3, 0.4) is 0 Å². The molecule has 0 amide bonds. The van der Waals surface area contributed by atoms with Crippen molar-refractivity contribution in [2.45, 2.75) is 0 Å². The Kier molecular flexibility index (Phi) is 11.4. The number of benzene rings is 14. The van der Waals surface area contributed by atoms with E-state index in [1.807, 2.05) is 42.5 Å². The van der Waals surface area contributed by atoms with E-state index >= 15 is 0 Å². The average molecular weight is 1140 g/mol. The summed E-state index contributed by atoms with van der Waals surface area (Å²) in [6.07, 6.45) is 8.32. The second-order valence-corrected chi connectivity index (χ2v) is 23.1. The number of anilines is 2. The number of nitrogens with zero attached hydrogens (tertiary/aromatic N) is 6. The molecule has 7 heteroatoms. The van der Waals surface area contributed by atoms with Crippen molar-refractivity contribution in [1.82, 2.24) is 24.9 Å². The van der Waals surface area contributed by atoms with Gasteiger partial charge in [-0.1, -0.05) is 225 Å². The standard InChI is InChI=1S/C82H50N6O/c1-49-18-3-2-16-43-88(75-31-14-12-21-57(49)75)82-86-79(85-80(87-82)71-47-55-36-34-50-19-4-6-22-58(50)77(55)65-27-11-10-26-62(65)71)56-39-41-64-67-44-52(37-40-63(67)60-24-8-9-25-61(60)68(64)48-56)53-38-42-66-69(45-53)70(46-54-35-33-51-20-5-7-23-59(51)78(54)66)72-29-17-30-74(83-72)81-84-73-28-13-15-32-76(73)89-81/h2-42,44-48H,1,43H2/b16-2-,18-3-.